The van der Waals surface area contributed by atoms with Crippen LogP contribution in [-0.4, -0.2) is 47.7 Å². The zero-order valence-electron chi connectivity index (χ0n) is 16.6. The van der Waals surface area contributed by atoms with Gasteiger partial charge in [0.15, 0.2) is 0 Å². The second kappa shape index (κ2) is 8.69. The number of halogens is 1. The molecule has 2 aromatic carbocycles. The summed E-state index contributed by atoms with van der Waals surface area (Å²) in [5, 5.41) is 24.1. The number of aryl methyl sites for hydroxylation is 3. The summed E-state index contributed by atoms with van der Waals surface area (Å²) in [7, 11) is 0. The first kappa shape index (κ1) is 20.1. The highest BCUT2D eigenvalue weighted by molar-refractivity contribution is 5.38. The normalized spacial score (nSPS) is 22.6. The van der Waals surface area contributed by atoms with Crippen molar-refractivity contribution >= 4 is 0 Å². The summed E-state index contributed by atoms with van der Waals surface area (Å²) in [5.41, 5.74) is 3.23. The van der Waals surface area contributed by atoms with E-state index in [1.165, 1.54) is 23.3 Å². The molecule has 2 heterocycles. The van der Waals surface area contributed by atoms with Gasteiger partial charge in [-0.3, -0.25) is 0 Å². The highest BCUT2D eigenvalue weighted by Gasteiger charge is 2.29. The van der Waals surface area contributed by atoms with Crippen LogP contribution >= 0.6 is 0 Å². The maximum atomic E-state index is 13.3. The van der Waals surface area contributed by atoms with Crippen LogP contribution in [0.3, 0.4) is 0 Å². The van der Waals surface area contributed by atoms with Gasteiger partial charge in [-0.05, 0) is 68.0 Å². The monoisotopic (exact) mass is 401 g/mol. The van der Waals surface area contributed by atoms with Gasteiger partial charge in [-0.15, -0.1) is 0 Å². The van der Waals surface area contributed by atoms with E-state index in [2.05, 4.69) is 18.3 Å². The van der Waals surface area contributed by atoms with Gasteiger partial charge in [-0.25, -0.2) is 4.39 Å². The molecule has 0 aromatic heterocycles. The maximum Gasteiger partial charge on any atom is 0.126 e. The second-order valence-corrected chi connectivity index (χ2v) is 8.05. The lowest BCUT2D eigenvalue weighted by atomic mass is 9.97. The van der Waals surface area contributed by atoms with Crippen molar-refractivity contribution in [2.75, 3.05) is 13.1 Å². The van der Waals surface area contributed by atoms with Crippen molar-refractivity contribution in [3.63, 3.8) is 0 Å². The quantitative estimate of drug-likeness (QED) is 0.694. The van der Waals surface area contributed by atoms with Crippen LogP contribution in [0.4, 0.5) is 4.39 Å². The number of hydrogen-bond donors (Lipinski definition) is 3. The Labute approximate surface area is 170 Å². The first-order chi connectivity index (χ1) is 14.0. The summed E-state index contributed by atoms with van der Waals surface area (Å²) in [5.74, 6) is 1.20. The summed E-state index contributed by atoms with van der Waals surface area (Å²) < 4.78 is 25.1. The van der Waals surface area contributed by atoms with E-state index in [0.29, 0.717) is 31.7 Å². The first-order valence-electron chi connectivity index (χ1n) is 10.3. The summed E-state index contributed by atoms with van der Waals surface area (Å²) in [4.78, 5) is 0. The fraction of sp³-hybridized carbons (Fsp3) is 0.478. The lowest BCUT2D eigenvalue weighted by molar-refractivity contribution is 0.00896. The molecule has 0 saturated carbocycles. The number of ether oxygens (including phenoxy) is 2. The Hall–Kier alpha value is -2.15. The molecule has 0 radical (unpaired) electrons. The minimum Gasteiger partial charge on any atom is -0.487 e. The Morgan fingerprint density at radius 3 is 2.10 bits per heavy atom. The van der Waals surface area contributed by atoms with Gasteiger partial charge in [0.25, 0.3) is 0 Å². The van der Waals surface area contributed by atoms with E-state index in [1.807, 2.05) is 12.1 Å². The molecule has 0 saturated heterocycles. The molecule has 0 amide bonds. The molecule has 5 nitrogen and oxygen atoms in total. The predicted octanol–water partition coefficient (Wildman–Crippen LogP) is 2.53. The van der Waals surface area contributed by atoms with E-state index < -0.39 is 12.2 Å². The third-order valence-corrected chi connectivity index (χ3v) is 5.76. The van der Waals surface area contributed by atoms with Gasteiger partial charge >= 0.3 is 0 Å². The molecule has 0 unspecified atom stereocenters. The molecule has 4 atom stereocenters. The Morgan fingerprint density at radius 2 is 1.48 bits per heavy atom. The van der Waals surface area contributed by atoms with Crippen molar-refractivity contribution in [1.82, 2.24) is 5.32 Å². The number of benzene rings is 2. The number of fused-ring (bicyclic) bond motifs is 2. The van der Waals surface area contributed by atoms with E-state index in [4.69, 9.17) is 9.47 Å². The second-order valence-electron chi connectivity index (χ2n) is 8.05. The highest BCUT2D eigenvalue weighted by Crippen LogP contribution is 2.30. The Morgan fingerprint density at radius 1 is 0.931 bits per heavy atom. The Balaban J connectivity index is 1.24. The molecular formula is C23H28FNO4. The van der Waals surface area contributed by atoms with Crippen molar-refractivity contribution < 1.29 is 24.1 Å². The van der Waals surface area contributed by atoms with Crippen molar-refractivity contribution in [2.45, 2.75) is 57.0 Å². The third kappa shape index (κ3) is 4.71. The van der Waals surface area contributed by atoms with Crippen molar-refractivity contribution in [2.24, 2.45) is 0 Å². The minimum absolute atomic E-state index is 0.262. The van der Waals surface area contributed by atoms with Crippen LogP contribution in [0.25, 0.3) is 0 Å². The largest absolute Gasteiger partial charge is 0.487 e. The third-order valence-electron chi connectivity index (χ3n) is 5.76. The predicted molar refractivity (Wildman–Crippen MR) is 108 cm³/mol. The number of aliphatic hydroxyl groups is 2. The molecule has 0 fully saturated rings. The van der Waals surface area contributed by atoms with Crippen LogP contribution in [0.5, 0.6) is 11.5 Å². The van der Waals surface area contributed by atoms with Crippen LogP contribution in [0.15, 0.2) is 36.4 Å². The minimum atomic E-state index is -0.712. The summed E-state index contributed by atoms with van der Waals surface area (Å²) in [6.45, 7) is 2.70. The van der Waals surface area contributed by atoms with E-state index >= 15 is 0 Å². The summed E-state index contributed by atoms with van der Waals surface area (Å²) >= 11 is 0. The van der Waals surface area contributed by atoms with Crippen molar-refractivity contribution in [3.05, 3.63) is 58.9 Å². The van der Waals surface area contributed by atoms with Gasteiger partial charge in [0.2, 0.25) is 0 Å². The zero-order valence-corrected chi connectivity index (χ0v) is 16.6. The fourth-order valence-corrected chi connectivity index (χ4v) is 4.10. The molecule has 2 aliphatic rings. The average molecular weight is 401 g/mol. The van der Waals surface area contributed by atoms with E-state index in [9.17, 15) is 14.6 Å². The van der Waals surface area contributed by atoms with Crippen LogP contribution in [0.2, 0.25) is 0 Å². The molecule has 3 N–H and O–H groups in total. The maximum absolute atomic E-state index is 13.3. The molecule has 6 heteroatoms. The number of nitrogens with one attached hydrogen (secondary N) is 1. The van der Waals surface area contributed by atoms with E-state index in [0.717, 1.165) is 24.2 Å². The first-order valence-corrected chi connectivity index (χ1v) is 10.3. The molecule has 0 aliphatic carbocycles. The number of hydrogen-bond acceptors (Lipinski definition) is 5. The standard InChI is InChI=1S/C23H28FNO4/c1-14-2-6-20-15(10-14)3-7-22(28-20)18(26)12-25-13-19(27)23-8-4-16-11-17(24)5-9-21(16)29-23/h2,5-6,9-11,18-19,22-23,25-27H,3-4,7-8,12-13H2,1H3/t18-,19-,22+,23-/m1/s1. The molecule has 2 aliphatic heterocycles. The van der Waals surface area contributed by atoms with Crippen molar-refractivity contribution in [3.8, 4) is 11.5 Å². The lowest BCUT2D eigenvalue weighted by Gasteiger charge is -2.31. The Bertz CT molecular complexity index is 789. The average Bonchev–Trinajstić information content (AvgIpc) is 2.72. The zero-order chi connectivity index (χ0) is 20.4. The summed E-state index contributed by atoms with van der Waals surface area (Å²) in [6, 6.07) is 10.6. The number of aliphatic hydroxyl groups excluding tert-OH is 2. The molecule has 2 aromatic rings. The van der Waals surface area contributed by atoms with E-state index in [-0.39, 0.29) is 18.0 Å². The van der Waals surface area contributed by atoms with Crippen LogP contribution in [0, 0.1) is 12.7 Å². The summed E-state index contributed by atoms with van der Waals surface area (Å²) in [6.07, 6.45) is 0.971. The number of rotatable bonds is 6. The fourth-order valence-electron chi connectivity index (χ4n) is 4.10. The van der Waals surface area contributed by atoms with Gasteiger partial charge in [-0.1, -0.05) is 17.7 Å². The van der Waals surface area contributed by atoms with Gasteiger partial charge in [0.1, 0.15) is 41.7 Å². The Kier molecular flexibility index (Phi) is 6.04. The van der Waals surface area contributed by atoms with Crippen LogP contribution in [-0.2, 0) is 12.8 Å². The molecule has 29 heavy (non-hydrogen) atoms. The lowest BCUT2D eigenvalue weighted by Crippen LogP contribution is -2.46. The van der Waals surface area contributed by atoms with Crippen LogP contribution in [0.1, 0.15) is 29.5 Å². The van der Waals surface area contributed by atoms with Gasteiger partial charge in [0.05, 0.1) is 0 Å². The van der Waals surface area contributed by atoms with Gasteiger partial charge in [-0.2, -0.15) is 0 Å². The van der Waals surface area contributed by atoms with E-state index in [1.54, 1.807) is 6.07 Å². The molecule has 156 valence electrons. The molecule has 0 spiro atoms. The SMILES string of the molecule is Cc1ccc2c(c1)CC[C@@H]([C@H](O)CNC[C@@H](O)[C@H]1CCc3cc(F)ccc3O1)O2. The highest BCUT2D eigenvalue weighted by atomic mass is 19.1. The van der Waals surface area contributed by atoms with Crippen molar-refractivity contribution in [1.29, 1.82) is 0 Å². The molecule has 0 bridgehead atoms. The smallest absolute Gasteiger partial charge is 0.126 e. The van der Waals surface area contributed by atoms with Crippen LogP contribution < -0.4 is 14.8 Å². The topological polar surface area (TPSA) is 71.0 Å². The molecule has 4 rings (SSSR count). The molecular weight excluding hydrogens is 373 g/mol. The van der Waals surface area contributed by atoms with Gasteiger partial charge in [0, 0.05) is 13.1 Å². The van der Waals surface area contributed by atoms with Gasteiger partial charge < -0.3 is 25.0 Å².